The van der Waals surface area contributed by atoms with E-state index in [1.165, 1.54) is 38.5 Å². The number of rotatable bonds is 25. The van der Waals surface area contributed by atoms with Crippen molar-refractivity contribution in [3.8, 4) is 0 Å². The second kappa shape index (κ2) is 24.6. The normalized spacial score (nSPS) is 11.2. The molecule has 0 aliphatic carbocycles. The minimum atomic E-state index is -4.05. The Morgan fingerprint density at radius 2 is 0.975 bits per heavy atom. The zero-order valence-corrected chi connectivity index (χ0v) is 25.2. The minimum Gasteiger partial charge on any atom is -0.434 e. The van der Waals surface area contributed by atoms with Crippen LogP contribution in [-0.2, 0) is 43.7 Å². The molecule has 0 heterocycles. The van der Waals surface area contributed by atoms with Crippen molar-refractivity contribution in [2.45, 2.75) is 97.5 Å². The summed E-state index contributed by atoms with van der Waals surface area (Å²) in [5.74, 6) is 0. The van der Waals surface area contributed by atoms with E-state index < -0.39 is 20.1 Å². The summed E-state index contributed by atoms with van der Waals surface area (Å²) in [5.41, 5.74) is 0.763. The molecule has 0 saturated heterocycles. The molecule has 0 aliphatic rings. The molecule has 0 spiro atoms. The predicted molar refractivity (Wildman–Crippen MR) is 152 cm³/mol. The maximum atomic E-state index is 13.1. The lowest BCUT2D eigenvalue weighted by Crippen LogP contribution is -2.15. The van der Waals surface area contributed by atoms with Crippen molar-refractivity contribution in [1.82, 2.24) is 0 Å². The van der Waals surface area contributed by atoms with Gasteiger partial charge in [0.2, 0.25) is 0 Å². The van der Waals surface area contributed by atoms with E-state index >= 15 is 0 Å². The highest BCUT2D eigenvalue weighted by Gasteiger charge is 2.27. The van der Waals surface area contributed by atoms with Crippen molar-refractivity contribution in [1.29, 1.82) is 0 Å². The molecular weight excluding hydrogens is 539 g/mol. The lowest BCUT2D eigenvalue weighted by atomic mass is 10.1. The highest BCUT2D eigenvalue weighted by molar-refractivity contribution is 7.48. The predicted octanol–water partition coefficient (Wildman–Crippen LogP) is 8.37. The van der Waals surface area contributed by atoms with Gasteiger partial charge in [-0.15, -0.1) is 0 Å². The van der Waals surface area contributed by atoms with Crippen LogP contribution in [0, 0.1) is 0 Å². The number of ether oxygens (including phenoxy) is 4. The van der Waals surface area contributed by atoms with E-state index in [4.69, 9.17) is 32.5 Å². The number of hydrogen-bond acceptors (Lipinski definition) is 10. The van der Waals surface area contributed by atoms with E-state index in [1.54, 1.807) is 12.1 Å². The van der Waals surface area contributed by atoms with Gasteiger partial charge in [-0.3, -0.25) is 13.6 Å². The quantitative estimate of drug-likeness (QED) is 0.0626. The van der Waals surface area contributed by atoms with Gasteiger partial charge in [-0.05, 0) is 18.4 Å². The summed E-state index contributed by atoms with van der Waals surface area (Å²) in [5, 5.41) is 0. The van der Waals surface area contributed by atoms with E-state index in [0.717, 1.165) is 44.1 Å². The van der Waals surface area contributed by atoms with Crippen molar-refractivity contribution in [3.63, 3.8) is 0 Å². The lowest BCUT2D eigenvalue weighted by Gasteiger charge is -2.18. The van der Waals surface area contributed by atoms with Crippen molar-refractivity contribution >= 4 is 20.1 Å². The van der Waals surface area contributed by atoms with Gasteiger partial charge in [0.05, 0.1) is 33.0 Å². The fourth-order valence-electron chi connectivity index (χ4n) is 3.55. The Morgan fingerprint density at radius 3 is 1.45 bits per heavy atom. The summed E-state index contributed by atoms with van der Waals surface area (Å²) < 4.78 is 49.2. The molecule has 0 aromatic heterocycles. The van der Waals surface area contributed by atoms with Crippen LogP contribution in [0.15, 0.2) is 30.3 Å². The van der Waals surface area contributed by atoms with Gasteiger partial charge in [0.15, 0.2) is 0 Å². The molecule has 10 nitrogen and oxygen atoms in total. The topological polar surface area (TPSA) is 116 Å². The number of unbranched alkanes of at least 4 members (excludes halogenated alkanes) is 10. The smallest absolute Gasteiger partial charge is 0.434 e. The van der Waals surface area contributed by atoms with Crippen LogP contribution in [0.4, 0.5) is 9.59 Å². The first-order valence-corrected chi connectivity index (χ1v) is 16.1. The Balaban J connectivity index is 2.31. The summed E-state index contributed by atoms with van der Waals surface area (Å²) in [4.78, 5) is 23.5. The standard InChI is InChI=1S/C29H49O10P/c1-3-5-7-9-11-16-20-33-28(30)35-22-24-37-40(32,39-26-27-18-14-13-15-19-27)38-25-23-36-29(31)34-21-17-12-10-8-6-4-2/h13-15,18-19H,3-12,16-17,20-26H2,1-2H3. The molecule has 0 unspecified atom stereocenters. The fraction of sp³-hybridized carbons (Fsp3) is 0.724. The molecule has 0 aliphatic heterocycles. The van der Waals surface area contributed by atoms with Crippen LogP contribution in [0.2, 0.25) is 0 Å². The molecule has 0 fully saturated rings. The Morgan fingerprint density at radius 1 is 0.550 bits per heavy atom. The highest BCUT2D eigenvalue weighted by atomic mass is 31.2. The molecule has 40 heavy (non-hydrogen) atoms. The fourth-order valence-corrected chi connectivity index (χ4v) is 4.67. The number of phosphoric ester groups is 1. The van der Waals surface area contributed by atoms with Crippen molar-refractivity contribution in [2.75, 3.05) is 39.6 Å². The maximum absolute atomic E-state index is 13.1. The molecule has 11 heteroatoms. The molecule has 230 valence electrons. The van der Waals surface area contributed by atoms with Gasteiger partial charge in [0.25, 0.3) is 0 Å². The summed E-state index contributed by atoms with van der Waals surface area (Å²) in [6.07, 6.45) is 11.3. The largest absolute Gasteiger partial charge is 0.508 e. The van der Waals surface area contributed by atoms with Crippen molar-refractivity contribution in [2.24, 2.45) is 0 Å². The van der Waals surface area contributed by atoms with Crippen LogP contribution in [0.1, 0.15) is 96.5 Å². The van der Waals surface area contributed by atoms with Crippen LogP contribution in [0.25, 0.3) is 0 Å². The average Bonchev–Trinajstić information content (AvgIpc) is 2.96. The summed E-state index contributed by atoms with van der Waals surface area (Å²) >= 11 is 0. The lowest BCUT2D eigenvalue weighted by molar-refractivity contribution is 0.0259. The van der Waals surface area contributed by atoms with Crippen LogP contribution in [0.5, 0.6) is 0 Å². The van der Waals surface area contributed by atoms with Gasteiger partial charge in [0.1, 0.15) is 13.2 Å². The number of hydrogen-bond donors (Lipinski definition) is 0. The molecule has 1 aromatic rings. The maximum Gasteiger partial charge on any atom is 0.508 e. The first-order chi connectivity index (χ1) is 19.5. The van der Waals surface area contributed by atoms with Crippen LogP contribution in [-0.4, -0.2) is 52.0 Å². The van der Waals surface area contributed by atoms with Gasteiger partial charge < -0.3 is 18.9 Å². The average molecular weight is 589 g/mol. The van der Waals surface area contributed by atoms with Crippen LogP contribution in [0.3, 0.4) is 0 Å². The second-order valence-corrected chi connectivity index (χ2v) is 11.0. The van der Waals surface area contributed by atoms with E-state index in [0.29, 0.717) is 0 Å². The zero-order valence-electron chi connectivity index (χ0n) is 24.4. The highest BCUT2D eigenvalue weighted by Crippen LogP contribution is 2.50. The molecule has 0 saturated carbocycles. The number of carbonyl (C=O) groups is 2. The molecule has 1 aromatic carbocycles. The summed E-state index contributed by atoms with van der Waals surface area (Å²) in [7, 11) is -4.05. The van der Waals surface area contributed by atoms with E-state index in [1.807, 2.05) is 18.2 Å². The Hall–Kier alpha value is -2.13. The monoisotopic (exact) mass is 588 g/mol. The number of phosphoric acid groups is 1. The van der Waals surface area contributed by atoms with Gasteiger partial charge >= 0.3 is 20.1 Å². The van der Waals surface area contributed by atoms with Crippen molar-refractivity contribution < 1.29 is 46.7 Å². The van der Waals surface area contributed by atoms with Crippen LogP contribution >= 0.6 is 7.82 Å². The van der Waals surface area contributed by atoms with Gasteiger partial charge in [-0.25, -0.2) is 14.2 Å². The minimum absolute atomic E-state index is 0.0274. The van der Waals surface area contributed by atoms with E-state index in [2.05, 4.69) is 13.8 Å². The first kappa shape index (κ1) is 35.9. The molecular formula is C29H49O10P. The second-order valence-electron chi connectivity index (χ2n) is 9.30. The van der Waals surface area contributed by atoms with Gasteiger partial charge in [0, 0.05) is 0 Å². The third-order valence-electron chi connectivity index (χ3n) is 5.77. The summed E-state index contributed by atoms with van der Waals surface area (Å²) in [6, 6.07) is 9.09. The molecule has 1 rings (SSSR count). The Bertz CT molecular complexity index is 763. The molecule has 0 N–H and O–H groups in total. The van der Waals surface area contributed by atoms with E-state index in [-0.39, 0.29) is 46.2 Å². The van der Waals surface area contributed by atoms with E-state index in [9.17, 15) is 14.2 Å². The zero-order chi connectivity index (χ0) is 29.2. The summed E-state index contributed by atoms with van der Waals surface area (Å²) in [6.45, 7) is 4.00. The first-order valence-electron chi connectivity index (χ1n) is 14.7. The third-order valence-corrected chi connectivity index (χ3v) is 7.22. The SMILES string of the molecule is CCCCCCCCOC(=O)OCCOP(=O)(OCCOC(=O)OCCCCCCCC)OCc1ccccc1. The number of carbonyl (C=O) groups excluding carboxylic acids is 2. The van der Waals surface area contributed by atoms with Crippen LogP contribution < -0.4 is 0 Å². The number of benzene rings is 1. The van der Waals surface area contributed by atoms with Crippen molar-refractivity contribution in [3.05, 3.63) is 35.9 Å². The third kappa shape index (κ3) is 20.7. The molecule has 0 radical (unpaired) electrons. The Kier molecular flexibility index (Phi) is 22.1. The Labute approximate surface area is 239 Å². The molecule has 0 amide bonds. The molecule has 0 atom stereocenters. The van der Waals surface area contributed by atoms with Gasteiger partial charge in [-0.1, -0.05) is 108 Å². The van der Waals surface area contributed by atoms with Gasteiger partial charge in [-0.2, -0.15) is 0 Å². The molecule has 0 bridgehead atoms.